The number of amides is 1. The molecule has 1 aromatic heterocycles. The van der Waals surface area contributed by atoms with E-state index < -0.39 is 0 Å². The summed E-state index contributed by atoms with van der Waals surface area (Å²) in [6.45, 7) is 0.0988. The fourth-order valence-corrected chi connectivity index (χ4v) is 3.45. The van der Waals surface area contributed by atoms with Crippen LogP contribution in [0.5, 0.6) is 0 Å². The van der Waals surface area contributed by atoms with Crippen LogP contribution in [-0.4, -0.2) is 22.2 Å². The molecule has 0 radical (unpaired) electrons. The molecule has 0 fully saturated rings. The van der Waals surface area contributed by atoms with Crippen LogP contribution in [0.15, 0.2) is 83.1 Å². The molecule has 2 aliphatic rings. The van der Waals surface area contributed by atoms with Gasteiger partial charge in [0, 0.05) is 29.2 Å². The smallest absolute Gasteiger partial charge is 0.258 e. The molecule has 7 heteroatoms. The lowest BCUT2D eigenvalue weighted by Gasteiger charge is -2.19. The largest absolute Gasteiger partial charge is 0.465 e. The molecule has 2 aromatic rings. The molecule has 4 rings (SSSR count). The Kier molecular flexibility index (Phi) is 5.81. The zero-order chi connectivity index (χ0) is 20.9. The van der Waals surface area contributed by atoms with E-state index in [-0.39, 0.29) is 31.0 Å². The fourth-order valence-electron chi connectivity index (χ4n) is 3.45. The van der Waals surface area contributed by atoms with E-state index in [1.807, 2.05) is 12.2 Å². The van der Waals surface area contributed by atoms with Gasteiger partial charge in [0.2, 0.25) is 5.91 Å². The van der Waals surface area contributed by atoms with E-state index in [9.17, 15) is 9.59 Å². The molecular weight excluding hydrogens is 384 g/mol. The second-order valence-corrected chi connectivity index (χ2v) is 6.99. The number of nitrogens with zero attached hydrogens (tertiary/aromatic N) is 1. The third-order valence-corrected chi connectivity index (χ3v) is 4.91. The Morgan fingerprint density at radius 3 is 2.90 bits per heavy atom. The van der Waals surface area contributed by atoms with E-state index >= 15 is 0 Å². The first-order valence-electron chi connectivity index (χ1n) is 9.77. The Hall–Kier alpha value is -3.58. The highest BCUT2D eigenvalue weighted by Crippen LogP contribution is 2.28. The van der Waals surface area contributed by atoms with Gasteiger partial charge in [-0.1, -0.05) is 24.3 Å². The maximum Gasteiger partial charge on any atom is 0.258 e. The van der Waals surface area contributed by atoms with Gasteiger partial charge in [-0.05, 0) is 36.6 Å². The minimum atomic E-state index is -0.282. The van der Waals surface area contributed by atoms with Crippen LogP contribution in [0, 0.1) is 0 Å². The first-order valence-corrected chi connectivity index (χ1v) is 9.77. The number of carbonyl (C=O) groups excluding carboxylic acids is 1. The van der Waals surface area contributed by atoms with E-state index in [1.54, 1.807) is 30.5 Å². The summed E-state index contributed by atoms with van der Waals surface area (Å²) in [6, 6.07) is 6.91. The van der Waals surface area contributed by atoms with Gasteiger partial charge in [0.1, 0.15) is 18.3 Å². The summed E-state index contributed by atoms with van der Waals surface area (Å²) in [5.74, 6) is 0.737. The molecule has 1 aromatic carbocycles. The monoisotopic (exact) mass is 406 g/mol. The molecule has 2 heterocycles. The lowest BCUT2D eigenvalue weighted by Crippen LogP contribution is -2.21. The average Bonchev–Trinajstić information content (AvgIpc) is 2.77. The standard InChI is InChI=1S/C23H22N2O5/c26-12-11-25-10-9-18-19(23(25)28)7-4-8-20(18)24-22(27)13-17-14-29-15-21(30-17)16-5-2-1-3-6-16/h1-2,4-5,7-10,14-15,26H,3,6,11-13H2,(H,24,27). The van der Waals surface area contributed by atoms with E-state index in [1.165, 1.54) is 17.1 Å². The van der Waals surface area contributed by atoms with Crippen molar-refractivity contribution in [3.63, 3.8) is 0 Å². The number of benzene rings is 1. The number of allylic oxidation sites excluding steroid dienone is 4. The number of aliphatic hydroxyl groups excluding tert-OH is 1. The lowest BCUT2D eigenvalue weighted by molar-refractivity contribution is -0.116. The second-order valence-electron chi connectivity index (χ2n) is 6.99. The normalized spacial score (nSPS) is 15.6. The Labute approximate surface area is 173 Å². The molecule has 1 aliphatic carbocycles. The molecule has 0 saturated carbocycles. The minimum Gasteiger partial charge on any atom is -0.465 e. The van der Waals surface area contributed by atoms with Crippen molar-refractivity contribution in [1.29, 1.82) is 0 Å². The van der Waals surface area contributed by atoms with Gasteiger partial charge in [-0.3, -0.25) is 9.59 Å². The summed E-state index contributed by atoms with van der Waals surface area (Å²) in [5, 5.41) is 13.1. The van der Waals surface area contributed by atoms with Crippen LogP contribution < -0.4 is 10.9 Å². The number of hydrogen-bond acceptors (Lipinski definition) is 5. The number of rotatable bonds is 6. The Morgan fingerprint density at radius 2 is 2.10 bits per heavy atom. The fraction of sp³-hybridized carbons (Fsp3) is 0.217. The molecular formula is C23H22N2O5. The van der Waals surface area contributed by atoms with E-state index in [2.05, 4.69) is 11.4 Å². The van der Waals surface area contributed by atoms with Crippen molar-refractivity contribution in [3.8, 4) is 0 Å². The van der Waals surface area contributed by atoms with Crippen molar-refractivity contribution < 1.29 is 19.4 Å². The van der Waals surface area contributed by atoms with Crippen molar-refractivity contribution in [1.82, 2.24) is 4.57 Å². The second kappa shape index (κ2) is 8.84. The zero-order valence-corrected chi connectivity index (χ0v) is 16.3. The highest BCUT2D eigenvalue weighted by atomic mass is 16.5. The lowest BCUT2D eigenvalue weighted by atomic mass is 10.0. The number of hydrogen-bond donors (Lipinski definition) is 2. The quantitative estimate of drug-likeness (QED) is 0.768. The molecule has 154 valence electrons. The molecule has 1 aliphatic heterocycles. The van der Waals surface area contributed by atoms with Gasteiger partial charge < -0.3 is 24.5 Å². The maximum atomic E-state index is 12.6. The van der Waals surface area contributed by atoms with Gasteiger partial charge in [-0.2, -0.15) is 0 Å². The first-order chi connectivity index (χ1) is 14.7. The molecule has 7 nitrogen and oxygen atoms in total. The van der Waals surface area contributed by atoms with Crippen LogP contribution in [0.4, 0.5) is 5.69 Å². The number of aromatic nitrogens is 1. The first kappa shape index (κ1) is 19.7. The van der Waals surface area contributed by atoms with E-state index in [0.29, 0.717) is 28.0 Å². The molecule has 0 unspecified atom stereocenters. The van der Waals surface area contributed by atoms with Crippen LogP contribution >= 0.6 is 0 Å². The number of carbonyl (C=O) groups is 1. The van der Waals surface area contributed by atoms with Crippen LogP contribution in [-0.2, 0) is 20.8 Å². The zero-order valence-electron chi connectivity index (χ0n) is 16.3. The predicted molar refractivity (Wildman–Crippen MR) is 113 cm³/mol. The summed E-state index contributed by atoms with van der Waals surface area (Å²) in [6.07, 6.45) is 12.4. The van der Waals surface area contributed by atoms with Crippen LogP contribution in [0.1, 0.15) is 19.3 Å². The number of aliphatic hydroxyl groups is 1. The third-order valence-electron chi connectivity index (χ3n) is 4.91. The van der Waals surface area contributed by atoms with E-state index in [4.69, 9.17) is 14.6 Å². The van der Waals surface area contributed by atoms with Crippen LogP contribution in [0.25, 0.3) is 10.8 Å². The Bertz CT molecular complexity index is 1150. The van der Waals surface area contributed by atoms with Crippen molar-refractivity contribution in [2.45, 2.75) is 25.8 Å². The van der Waals surface area contributed by atoms with Crippen molar-refractivity contribution >= 4 is 22.4 Å². The number of fused-ring (bicyclic) bond motifs is 1. The van der Waals surface area contributed by atoms with Crippen molar-refractivity contribution in [2.75, 3.05) is 11.9 Å². The molecule has 2 N–H and O–H groups in total. The molecule has 0 atom stereocenters. The summed E-state index contributed by atoms with van der Waals surface area (Å²) in [5.41, 5.74) is 1.35. The Balaban J connectivity index is 1.47. The molecule has 0 bridgehead atoms. The molecule has 0 saturated heterocycles. The minimum absolute atomic E-state index is 0.00156. The molecule has 1 amide bonds. The third kappa shape index (κ3) is 4.21. The number of anilines is 1. The Morgan fingerprint density at radius 1 is 1.20 bits per heavy atom. The SMILES string of the molecule is O=C(CC1=COC=C(C2=CC=CCC2)O1)Nc1cccc2c(=O)n(CCO)ccc12. The van der Waals surface area contributed by atoms with Crippen molar-refractivity contribution in [2.24, 2.45) is 0 Å². The van der Waals surface area contributed by atoms with Crippen molar-refractivity contribution in [3.05, 3.63) is 88.7 Å². The number of nitrogens with one attached hydrogen (secondary N) is 1. The maximum absolute atomic E-state index is 12.6. The average molecular weight is 406 g/mol. The topological polar surface area (TPSA) is 89.8 Å². The van der Waals surface area contributed by atoms with E-state index in [0.717, 1.165) is 18.4 Å². The number of ether oxygens (including phenoxy) is 2. The van der Waals surface area contributed by atoms with Crippen LogP contribution in [0.3, 0.4) is 0 Å². The highest BCUT2D eigenvalue weighted by Gasteiger charge is 2.18. The van der Waals surface area contributed by atoms with Gasteiger partial charge in [0.05, 0.1) is 13.0 Å². The summed E-state index contributed by atoms with van der Waals surface area (Å²) >= 11 is 0. The van der Waals surface area contributed by atoms with Gasteiger partial charge in [-0.15, -0.1) is 0 Å². The summed E-state index contributed by atoms with van der Waals surface area (Å²) in [7, 11) is 0. The van der Waals surface area contributed by atoms with Gasteiger partial charge in [-0.25, -0.2) is 0 Å². The van der Waals surface area contributed by atoms with Crippen LogP contribution in [0.2, 0.25) is 0 Å². The summed E-state index contributed by atoms with van der Waals surface area (Å²) in [4.78, 5) is 25.1. The summed E-state index contributed by atoms with van der Waals surface area (Å²) < 4.78 is 12.6. The number of pyridine rings is 1. The predicted octanol–water partition coefficient (Wildman–Crippen LogP) is 3.33. The molecule has 30 heavy (non-hydrogen) atoms. The highest BCUT2D eigenvalue weighted by molar-refractivity contribution is 6.02. The van der Waals surface area contributed by atoms with Gasteiger partial charge in [0.25, 0.3) is 5.56 Å². The van der Waals surface area contributed by atoms with Gasteiger partial charge in [0.15, 0.2) is 5.76 Å². The molecule has 0 spiro atoms. The van der Waals surface area contributed by atoms with Gasteiger partial charge >= 0.3 is 0 Å².